The quantitative estimate of drug-likeness (QED) is 0.281. The van der Waals surface area contributed by atoms with Crippen molar-refractivity contribution in [2.45, 2.75) is 38.3 Å². The highest BCUT2D eigenvalue weighted by Crippen LogP contribution is 2.32. The van der Waals surface area contributed by atoms with Gasteiger partial charge in [-0.1, -0.05) is 42.5 Å². The van der Waals surface area contributed by atoms with Crippen molar-refractivity contribution in [3.05, 3.63) is 101 Å². The number of halogens is 3. The van der Waals surface area contributed by atoms with Gasteiger partial charge in [0.1, 0.15) is 5.75 Å². The van der Waals surface area contributed by atoms with Crippen LogP contribution in [0.1, 0.15) is 42.5 Å². The van der Waals surface area contributed by atoms with E-state index in [9.17, 15) is 23.1 Å². The van der Waals surface area contributed by atoms with Crippen LogP contribution in [0.25, 0.3) is 11.5 Å². The van der Waals surface area contributed by atoms with E-state index in [4.69, 9.17) is 13.9 Å². The van der Waals surface area contributed by atoms with Gasteiger partial charge in [0.2, 0.25) is 11.8 Å². The summed E-state index contributed by atoms with van der Waals surface area (Å²) >= 11 is 0. The summed E-state index contributed by atoms with van der Waals surface area (Å²) in [5, 5.41) is 17.3. The molecule has 0 saturated carbocycles. The summed E-state index contributed by atoms with van der Waals surface area (Å²) in [5.41, 5.74) is -0.279. The van der Waals surface area contributed by atoms with Crippen molar-refractivity contribution in [3.8, 4) is 17.2 Å². The smallest absolute Gasteiger partial charge is 0.416 e. The van der Waals surface area contributed by atoms with Crippen molar-refractivity contribution in [2.75, 3.05) is 0 Å². The van der Waals surface area contributed by atoms with Crippen molar-refractivity contribution in [2.24, 2.45) is 0 Å². The first-order valence-corrected chi connectivity index (χ1v) is 11.2. The zero-order valence-corrected chi connectivity index (χ0v) is 19.9. The normalized spacial score (nSPS) is 12.8. The van der Waals surface area contributed by atoms with Gasteiger partial charge in [0, 0.05) is 5.56 Å². The molecule has 1 unspecified atom stereocenters. The first kappa shape index (κ1) is 25.9. The third-order valence-corrected chi connectivity index (χ3v) is 5.45. The van der Waals surface area contributed by atoms with Crippen molar-refractivity contribution in [1.82, 2.24) is 10.2 Å². The number of carbonyl (C=O) groups is 1. The van der Waals surface area contributed by atoms with E-state index in [1.54, 1.807) is 24.3 Å². The molecule has 0 aliphatic carbocycles. The highest BCUT2D eigenvalue weighted by molar-refractivity contribution is 5.76. The molecule has 0 aliphatic heterocycles. The van der Waals surface area contributed by atoms with Crippen LogP contribution in [-0.4, -0.2) is 26.9 Å². The van der Waals surface area contributed by atoms with Gasteiger partial charge < -0.3 is 19.0 Å². The second kappa shape index (κ2) is 10.4. The largest absolute Gasteiger partial charge is 0.478 e. The third kappa shape index (κ3) is 6.34. The van der Waals surface area contributed by atoms with Crippen LogP contribution in [0.2, 0.25) is 0 Å². The van der Waals surface area contributed by atoms with Crippen LogP contribution in [-0.2, 0) is 22.3 Å². The molecular formula is C27H23F3N2O5. The van der Waals surface area contributed by atoms with Gasteiger partial charge in [0.15, 0.2) is 11.7 Å². The molecule has 0 radical (unpaired) electrons. The summed E-state index contributed by atoms with van der Waals surface area (Å²) in [4.78, 5) is 11.3. The molecule has 1 aromatic heterocycles. The van der Waals surface area contributed by atoms with Crippen molar-refractivity contribution >= 4 is 5.97 Å². The Morgan fingerprint density at radius 1 is 0.946 bits per heavy atom. The Labute approximate surface area is 210 Å². The van der Waals surface area contributed by atoms with Gasteiger partial charge in [-0.15, -0.1) is 10.2 Å². The number of carboxylic acid groups (broad SMARTS) is 1. The van der Waals surface area contributed by atoms with Gasteiger partial charge in [0.05, 0.1) is 12.2 Å². The van der Waals surface area contributed by atoms with Crippen LogP contribution in [0.3, 0.4) is 0 Å². The van der Waals surface area contributed by atoms with Crippen molar-refractivity contribution in [3.63, 3.8) is 0 Å². The molecule has 4 rings (SSSR count). The van der Waals surface area contributed by atoms with Crippen LogP contribution in [0.4, 0.5) is 13.2 Å². The fraction of sp³-hybridized carbons (Fsp3) is 0.222. The highest BCUT2D eigenvalue weighted by Gasteiger charge is 2.31. The topological polar surface area (TPSA) is 94.7 Å². The summed E-state index contributed by atoms with van der Waals surface area (Å²) < 4.78 is 56.0. The van der Waals surface area contributed by atoms with Gasteiger partial charge in [-0.2, -0.15) is 13.2 Å². The molecule has 0 fully saturated rings. The Hall–Kier alpha value is -4.18. The van der Waals surface area contributed by atoms with Gasteiger partial charge in [0.25, 0.3) is 0 Å². The monoisotopic (exact) mass is 512 g/mol. The number of ether oxygens (including phenoxy) is 2. The Morgan fingerprint density at radius 2 is 1.59 bits per heavy atom. The molecule has 37 heavy (non-hydrogen) atoms. The Balaban J connectivity index is 1.51. The number of carboxylic acids is 1. The number of alkyl halides is 3. The van der Waals surface area contributed by atoms with E-state index < -0.39 is 29.4 Å². The molecule has 0 spiro atoms. The average molecular weight is 512 g/mol. The average Bonchev–Trinajstić information content (AvgIpc) is 3.35. The van der Waals surface area contributed by atoms with E-state index in [1.807, 2.05) is 30.3 Å². The molecule has 192 valence electrons. The lowest BCUT2D eigenvalue weighted by Gasteiger charge is -2.21. The minimum atomic E-state index is -4.44. The minimum Gasteiger partial charge on any atom is -0.478 e. The lowest BCUT2D eigenvalue weighted by molar-refractivity contribution is -0.152. The number of aromatic nitrogens is 2. The standard InChI is InChI=1S/C27H23F3N2O5/c1-26(2,25(33)34)37-21-14-8-17(9-15-21)16-35-22(18-6-4-3-5-7-18)24-32-31-23(36-24)19-10-12-20(13-11-19)27(28,29)30/h3-15,22H,16H2,1-2H3,(H,33,34). The van der Waals surface area contributed by atoms with Gasteiger partial charge in [-0.3, -0.25) is 0 Å². The van der Waals surface area contributed by atoms with E-state index >= 15 is 0 Å². The third-order valence-electron chi connectivity index (χ3n) is 5.45. The molecule has 4 aromatic rings. The van der Waals surface area contributed by atoms with E-state index in [1.165, 1.54) is 26.0 Å². The molecule has 1 atom stereocenters. The van der Waals surface area contributed by atoms with Crippen LogP contribution in [0, 0.1) is 0 Å². The Kier molecular flexibility index (Phi) is 7.30. The maximum atomic E-state index is 12.9. The maximum Gasteiger partial charge on any atom is 0.416 e. The number of nitrogens with zero attached hydrogens (tertiary/aromatic N) is 2. The van der Waals surface area contributed by atoms with Gasteiger partial charge >= 0.3 is 12.1 Å². The van der Waals surface area contributed by atoms with Crippen LogP contribution >= 0.6 is 0 Å². The molecule has 0 amide bonds. The zero-order valence-electron chi connectivity index (χ0n) is 19.9. The molecule has 1 N–H and O–H groups in total. The molecular weight excluding hydrogens is 489 g/mol. The first-order valence-electron chi connectivity index (χ1n) is 11.2. The maximum absolute atomic E-state index is 12.9. The molecule has 7 nitrogen and oxygen atoms in total. The summed E-state index contributed by atoms with van der Waals surface area (Å²) in [7, 11) is 0. The number of aliphatic carboxylic acids is 1. The number of hydrogen-bond donors (Lipinski definition) is 1. The molecule has 0 bridgehead atoms. The molecule has 10 heteroatoms. The van der Waals surface area contributed by atoms with Crippen molar-refractivity contribution < 1.29 is 37.0 Å². The zero-order chi connectivity index (χ0) is 26.6. The summed E-state index contributed by atoms with van der Waals surface area (Å²) in [6.07, 6.45) is -5.18. The van der Waals surface area contributed by atoms with Crippen LogP contribution in [0.5, 0.6) is 5.75 Å². The molecule has 3 aromatic carbocycles. The lowest BCUT2D eigenvalue weighted by Crippen LogP contribution is -2.37. The minimum absolute atomic E-state index is 0.0656. The van der Waals surface area contributed by atoms with Crippen LogP contribution < -0.4 is 4.74 Å². The predicted molar refractivity (Wildman–Crippen MR) is 127 cm³/mol. The highest BCUT2D eigenvalue weighted by atomic mass is 19.4. The Bertz CT molecular complexity index is 1340. The molecule has 1 heterocycles. The van der Waals surface area contributed by atoms with E-state index in [-0.39, 0.29) is 18.4 Å². The van der Waals surface area contributed by atoms with Crippen LogP contribution in [0.15, 0.2) is 83.3 Å². The van der Waals surface area contributed by atoms with E-state index in [0.29, 0.717) is 11.3 Å². The predicted octanol–water partition coefficient (Wildman–Crippen LogP) is 6.30. The molecule has 0 aliphatic rings. The second-order valence-corrected chi connectivity index (χ2v) is 8.68. The molecule has 0 saturated heterocycles. The van der Waals surface area contributed by atoms with E-state index in [0.717, 1.165) is 23.3 Å². The fourth-order valence-electron chi connectivity index (χ4n) is 3.37. The summed E-state index contributed by atoms with van der Waals surface area (Å²) in [6, 6.07) is 20.4. The Morgan fingerprint density at radius 3 is 2.19 bits per heavy atom. The van der Waals surface area contributed by atoms with Gasteiger partial charge in [-0.05, 0) is 61.4 Å². The number of benzene rings is 3. The first-order chi connectivity index (χ1) is 17.5. The number of rotatable bonds is 9. The van der Waals surface area contributed by atoms with Gasteiger partial charge in [-0.25, -0.2) is 4.79 Å². The summed E-state index contributed by atoms with van der Waals surface area (Å²) in [5.74, 6) is -0.477. The number of hydrogen-bond acceptors (Lipinski definition) is 6. The lowest BCUT2D eigenvalue weighted by atomic mass is 10.1. The second-order valence-electron chi connectivity index (χ2n) is 8.68. The van der Waals surface area contributed by atoms with Crippen molar-refractivity contribution in [1.29, 1.82) is 0 Å². The summed E-state index contributed by atoms with van der Waals surface area (Å²) in [6.45, 7) is 3.07. The van der Waals surface area contributed by atoms with E-state index in [2.05, 4.69) is 10.2 Å². The SMILES string of the molecule is CC(C)(Oc1ccc(COC(c2ccccc2)c2nnc(-c3ccc(C(F)(F)F)cc3)o2)cc1)C(=O)O. The fourth-order valence-corrected chi connectivity index (χ4v) is 3.37.